The summed E-state index contributed by atoms with van der Waals surface area (Å²) >= 11 is 7.70. The number of para-hydroxylation sites is 1. The summed E-state index contributed by atoms with van der Waals surface area (Å²) < 4.78 is 0.220. The minimum atomic E-state index is -0.853. The highest BCUT2D eigenvalue weighted by atomic mass is 32.2. The number of nitro benzene ring substituents is 1. The van der Waals surface area contributed by atoms with Crippen LogP contribution in [0.1, 0.15) is 15.2 Å². The fourth-order valence-corrected chi connectivity index (χ4v) is 4.32. The van der Waals surface area contributed by atoms with Crippen molar-refractivity contribution in [2.24, 2.45) is 0 Å². The van der Waals surface area contributed by atoms with E-state index >= 15 is 0 Å². The molecule has 0 aliphatic carbocycles. The predicted octanol–water partition coefficient (Wildman–Crippen LogP) is 2.32. The number of benzene rings is 1. The minimum Gasteiger partial charge on any atom is -0.283 e. The molecular weight excluding hydrogens is 436 g/mol. The lowest BCUT2D eigenvalue weighted by atomic mass is 10.2. The molecule has 29 heavy (non-hydrogen) atoms. The summed E-state index contributed by atoms with van der Waals surface area (Å²) in [6, 6.07) is 9.02. The Balaban J connectivity index is 1.60. The molecule has 0 bridgehead atoms. The van der Waals surface area contributed by atoms with E-state index in [-0.39, 0.29) is 9.88 Å². The minimum absolute atomic E-state index is 0.206. The zero-order chi connectivity index (χ0) is 21.0. The van der Waals surface area contributed by atoms with Crippen molar-refractivity contribution in [3.8, 4) is 0 Å². The molecule has 3 rings (SSSR count). The normalized spacial score (nSPS) is 14.9. The Morgan fingerprint density at radius 3 is 2.66 bits per heavy atom. The van der Waals surface area contributed by atoms with E-state index < -0.39 is 34.9 Å². The van der Waals surface area contributed by atoms with Crippen LogP contribution >= 0.6 is 35.3 Å². The van der Waals surface area contributed by atoms with Gasteiger partial charge in [-0.05, 0) is 23.6 Å². The van der Waals surface area contributed by atoms with Gasteiger partial charge in [0.2, 0.25) is 0 Å². The Kier molecular flexibility index (Phi) is 6.36. The van der Waals surface area contributed by atoms with E-state index in [9.17, 15) is 24.5 Å². The molecular formula is C17H12N4O5S3. The highest BCUT2D eigenvalue weighted by molar-refractivity contribution is 8.26. The van der Waals surface area contributed by atoms with Crippen molar-refractivity contribution < 1.29 is 19.3 Å². The van der Waals surface area contributed by atoms with Crippen molar-refractivity contribution >= 4 is 69.1 Å². The van der Waals surface area contributed by atoms with E-state index in [0.717, 1.165) is 21.5 Å². The number of nitro groups is 1. The number of thiophene rings is 1. The number of carbonyl (C=O) groups is 3. The molecule has 2 aromatic rings. The third kappa shape index (κ3) is 4.85. The molecule has 2 N–H and O–H groups in total. The van der Waals surface area contributed by atoms with E-state index in [1.54, 1.807) is 6.08 Å². The largest absolute Gasteiger partial charge is 0.283 e. The number of thioether (sulfide) groups is 1. The van der Waals surface area contributed by atoms with E-state index in [2.05, 4.69) is 10.9 Å². The SMILES string of the molecule is O=C(CN1C(=O)/C(=C\c2cccs2)SC1=S)NNC(=O)c1ccccc1[N+](=O)[O-]. The van der Waals surface area contributed by atoms with E-state index in [1.807, 2.05) is 17.5 Å². The fraction of sp³-hybridized carbons (Fsp3) is 0.0588. The number of rotatable bonds is 5. The lowest BCUT2D eigenvalue weighted by Crippen LogP contribution is -2.47. The van der Waals surface area contributed by atoms with Crippen molar-refractivity contribution in [3.63, 3.8) is 0 Å². The fourth-order valence-electron chi connectivity index (χ4n) is 2.34. The van der Waals surface area contributed by atoms with Crippen LogP contribution in [0.3, 0.4) is 0 Å². The standard InChI is InChI=1S/C17H12N4O5S3/c22-14(18-19-15(23)11-5-1-2-6-12(11)21(25)26)9-20-16(24)13(29-17(20)27)8-10-4-3-7-28-10/h1-8H,9H2,(H,18,22)(H,19,23)/b13-8+. The maximum absolute atomic E-state index is 12.5. The first-order chi connectivity index (χ1) is 13.9. The van der Waals surface area contributed by atoms with Gasteiger partial charge in [0, 0.05) is 10.9 Å². The molecule has 12 heteroatoms. The summed E-state index contributed by atoms with van der Waals surface area (Å²) in [5.74, 6) is -1.96. The number of amides is 3. The molecule has 1 saturated heterocycles. The molecule has 1 fully saturated rings. The highest BCUT2D eigenvalue weighted by Crippen LogP contribution is 2.33. The molecule has 0 unspecified atom stereocenters. The van der Waals surface area contributed by atoms with Crippen molar-refractivity contribution in [1.82, 2.24) is 15.8 Å². The number of nitrogens with zero attached hydrogens (tertiary/aromatic N) is 2. The molecule has 1 aliphatic rings. The summed E-state index contributed by atoms with van der Waals surface area (Å²) in [6.45, 7) is -0.399. The van der Waals surface area contributed by atoms with Crippen LogP contribution in [0.15, 0.2) is 46.7 Å². The molecule has 1 aliphatic heterocycles. The zero-order valence-corrected chi connectivity index (χ0v) is 16.9. The third-order valence-corrected chi connectivity index (χ3v) is 5.85. The van der Waals surface area contributed by atoms with Gasteiger partial charge in [-0.15, -0.1) is 11.3 Å². The first-order valence-corrected chi connectivity index (χ1v) is 10.1. The van der Waals surface area contributed by atoms with Gasteiger partial charge in [-0.1, -0.05) is 42.2 Å². The smallest absolute Gasteiger partial charge is 0.282 e. The molecule has 0 spiro atoms. The number of hydrogen-bond acceptors (Lipinski definition) is 8. The van der Waals surface area contributed by atoms with Gasteiger partial charge in [0.25, 0.3) is 23.4 Å². The van der Waals surface area contributed by atoms with Crippen molar-refractivity contribution in [3.05, 3.63) is 67.2 Å². The van der Waals surface area contributed by atoms with Crippen LogP contribution in [0.2, 0.25) is 0 Å². The van der Waals surface area contributed by atoms with Crippen LogP contribution in [0.5, 0.6) is 0 Å². The van der Waals surface area contributed by atoms with E-state index in [0.29, 0.717) is 4.91 Å². The predicted molar refractivity (Wildman–Crippen MR) is 113 cm³/mol. The van der Waals surface area contributed by atoms with Crippen molar-refractivity contribution in [2.45, 2.75) is 0 Å². The molecule has 2 heterocycles. The highest BCUT2D eigenvalue weighted by Gasteiger charge is 2.33. The van der Waals surface area contributed by atoms with Crippen molar-refractivity contribution in [1.29, 1.82) is 0 Å². The van der Waals surface area contributed by atoms with Gasteiger partial charge in [0.05, 0.1) is 9.83 Å². The van der Waals surface area contributed by atoms with E-state index in [1.165, 1.54) is 35.6 Å². The molecule has 0 radical (unpaired) electrons. The molecule has 0 atom stereocenters. The maximum Gasteiger partial charge on any atom is 0.282 e. The summed E-state index contributed by atoms with van der Waals surface area (Å²) in [5.41, 5.74) is 3.64. The topological polar surface area (TPSA) is 122 Å². The summed E-state index contributed by atoms with van der Waals surface area (Å²) in [7, 11) is 0. The number of hydrazine groups is 1. The van der Waals surface area contributed by atoms with Crippen LogP contribution in [0, 0.1) is 10.1 Å². The first-order valence-electron chi connectivity index (χ1n) is 7.98. The quantitative estimate of drug-likeness (QED) is 0.312. The number of nitrogens with one attached hydrogen (secondary N) is 2. The van der Waals surface area contributed by atoms with Gasteiger partial charge in [-0.25, -0.2) is 0 Å². The van der Waals surface area contributed by atoms with Crippen LogP contribution in [0.25, 0.3) is 6.08 Å². The van der Waals surface area contributed by atoms with Gasteiger partial charge in [-0.2, -0.15) is 0 Å². The van der Waals surface area contributed by atoms with Gasteiger partial charge in [-0.3, -0.25) is 40.2 Å². The second-order valence-corrected chi connectivity index (χ2v) is 8.21. The third-order valence-electron chi connectivity index (χ3n) is 3.65. The Bertz CT molecular complexity index is 1040. The molecule has 1 aromatic heterocycles. The molecule has 1 aromatic carbocycles. The maximum atomic E-state index is 12.5. The van der Waals surface area contributed by atoms with Crippen LogP contribution in [-0.4, -0.2) is 38.4 Å². The Labute approximate surface area is 177 Å². The Hall–Kier alpha value is -3.09. The molecule has 148 valence electrons. The second-order valence-electron chi connectivity index (χ2n) is 5.56. The monoisotopic (exact) mass is 448 g/mol. The van der Waals surface area contributed by atoms with Crippen molar-refractivity contribution in [2.75, 3.05) is 6.54 Å². The van der Waals surface area contributed by atoms with E-state index in [4.69, 9.17) is 12.2 Å². The van der Waals surface area contributed by atoms with Gasteiger partial charge >= 0.3 is 0 Å². The molecule has 3 amide bonds. The van der Waals surface area contributed by atoms with Crippen LogP contribution in [-0.2, 0) is 9.59 Å². The van der Waals surface area contributed by atoms with Crippen LogP contribution < -0.4 is 10.9 Å². The van der Waals surface area contributed by atoms with Crippen LogP contribution in [0.4, 0.5) is 5.69 Å². The summed E-state index contributed by atoms with van der Waals surface area (Å²) in [6.07, 6.45) is 1.69. The summed E-state index contributed by atoms with van der Waals surface area (Å²) in [4.78, 5) is 49.4. The summed E-state index contributed by atoms with van der Waals surface area (Å²) in [5, 5.41) is 12.9. The zero-order valence-electron chi connectivity index (χ0n) is 14.5. The lowest BCUT2D eigenvalue weighted by Gasteiger charge is -2.14. The lowest BCUT2D eigenvalue weighted by molar-refractivity contribution is -0.385. The number of hydrogen-bond donors (Lipinski definition) is 2. The second kappa shape index (κ2) is 8.94. The van der Waals surface area contributed by atoms with Gasteiger partial charge in [0.1, 0.15) is 16.4 Å². The molecule has 9 nitrogen and oxygen atoms in total. The first kappa shape index (κ1) is 20.6. The van der Waals surface area contributed by atoms with Gasteiger partial charge < -0.3 is 0 Å². The van der Waals surface area contributed by atoms with Gasteiger partial charge in [0.15, 0.2) is 0 Å². The Morgan fingerprint density at radius 2 is 1.97 bits per heavy atom. The number of thiocarbonyl (C=S) groups is 1. The average Bonchev–Trinajstić information content (AvgIpc) is 3.30. The molecule has 0 saturated carbocycles. The average molecular weight is 449 g/mol. The number of carbonyl (C=O) groups excluding carboxylic acids is 3. The Morgan fingerprint density at radius 1 is 1.21 bits per heavy atom.